The molecule has 0 amide bonds. The van der Waals surface area contributed by atoms with Crippen LogP contribution in [0.4, 0.5) is 0 Å². The van der Waals surface area contributed by atoms with Gasteiger partial charge in [0.25, 0.3) is 0 Å². The molecular weight excluding hydrogens is 282 g/mol. The molecule has 0 spiro atoms. The molecule has 2 heteroatoms. The Bertz CT molecular complexity index is 623. The highest BCUT2D eigenvalue weighted by Crippen LogP contribution is 2.35. The Hall–Kier alpha value is -1.80. The zero-order valence-corrected chi connectivity index (χ0v) is 14.0. The van der Waals surface area contributed by atoms with E-state index in [1.807, 2.05) is 12.1 Å². The van der Waals surface area contributed by atoms with Gasteiger partial charge in [0.05, 0.1) is 0 Å². The molecule has 122 valence electrons. The smallest absolute Gasteiger partial charge is 0.119 e. The molecule has 0 saturated carbocycles. The monoisotopic (exact) mass is 309 g/mol. The highest BCUT2D eigenvalue weighted by atomic mass is 16.3. The third kappa shape index (κ3) is 3.94. The largest absolute Gasteiger partial charge is 0.508 e. The second-order valence-corrected chi connectivity index (χ2v) is 6.59. The van der Waals surface area contributed by atoms with Crippen LogP contribution in [0.1, 0.15) is 55.3 Å². The van der Waals surface area contributed by atoms with E-state index in [9.17, 15) is 5.11 Å². The Morgan fingerprint density at radius 1 is 1.13 bits per heavy atom. The lowest BCUT2D eigenvalue weighted by atomic mass is 9.86. The predicted molar refractivity (Wildman–Crippen MR) is 95.8 cm³/mol. The molecule has 3 rings (SSSR count). The number of hydrogen-bond acceptors (Lipinski definition) is 2. The number of fused-ring (bicyclic) bond motifs is 1. The van der Waals surface area contributed by atoms with E-state index in [0.29, 0.717) is 17.8 Å². The van der Waals surface area contributed by atoms with E-state index in [4.69, 9.17) is 0 Å². The molecule has 2 aromatic carbocycles. The van der Waals surface area contributed by atoms with Crippen LogP contribution in [0.2, 0.25) is 0 Å². The summed E-state index contributed by atoms with van der Waals surface area (Å²) in [4.78, 5) is 0. The van der Waals surface area contributed by atoms with Gasteiger partial charge in [0.1, 0.15) is 5.75 Å². The first-order valence-electron chi connectivity index (χ1n) is 8.88. The lowest BCUT2D eigenvalue weighted by Gasteiger charge is -2.30. The van der Waals surface area contributed by atoms with Gasteiger partial charge in [0.2, 0.25) is 0 Å². The summed E-state index contributed by atoms with van der Waals surface area (Å²) >= 11 is 0. The molecule has 23 heavy (non-hydrogen) atoms. The van der Waals surface area contributed by atoms with Gasteiger partial charge in [-0.05, 0) is 61.3 Å². The number of aromatic hydroxyl groups is 1. The van der Waals surface area contributed by atoms with Crippen LogP contribution in [-0.4, -0.2) is 11.1 Å². The average Bonchev–Trinajstić information content (AvgIpc) is 2.60. The van der Waals surface area contributed by atoms with E-state index in [0.717, 1.165) is 44.1 Å². The lowest BCUT2D eigenvalue weighted by Crippen LogP contribution is -2.34. The number of phenolic OH excluding ortho intramolecular Hbond substituents is 1. The summed E-state index contributed by atoms with van der Waals surface area (Å²) in [5.74, 6) is 0.464. The maximum Gasteiger partial charge on any atom is 0.119 e. The van der Waals surface area contributed by atoms with Crippen LogP contribution in [0.25, 0.3) is 0 Å². The molecular formula is C21H27NO. The highest BCUT2D eigenvalue weighted by Gasteiger charge is 2.23. The number of hydrogen-bond donors (Lipinski definition) is 2. The number of rotatable bonds is 6. The summed E-state index contributed by atoms with van der Waals surface area (Å²) in [6.07, 6.45) is 6.73. The molecule has 0 saturated heterocycles. The van der Waals surface area contributed by atoms with Gasteiger partial charge in [-0.1, -0.05) is 49.4 Å². The Kier molecular flexibility index (Phi) is 5.35. The van der Waals surface area contributed by atoms with Gasteiger partial charge in [0, 0.05) is 12.1 Å². The first-order chi connectivity index (χ1) is 11.3. The van der Waals surface area contributed by atoms with Crippen LogP contribution in [0.3, 0.4) is 0 Å². The van der Waals surface area contributed by atoms with Crippen molar-refractivity contribution >= 4 is 0 Å². The molecule has 1 aliphatic rings. The molecule has 0 bridgehead atoms. The van der Waals surface area contributed by atoms with Gasteiger partial charge >= 0.3 is 0 Å². The van der Waals surface area contributed by atoms with E-state index in [2.05, 4.69) is 48.6 Å². The molecule has 2 aromatic rings. The van der Waals surface area contributed by atoms with Crippen LogP contribution in [-0.2, 0) is 12.8 Å². The summed E-state index contributed by atoms with van der Waals surface area (Å²) in [6.45, 7) is 2.26. The third-order valence-electron chi connectivity index (χ3n) is 5.04. The molecule has 1 aliphatic carbocycles. The topological polar surface area (TPSA) is 32.3 Å². The van der Waals surface area contributed by atoms with Crippen LogP contribution in [0.5, 0.6) is 5.75 Å². The summed E-state index contributed by atoms with van der Waals surface area (Å²) in [7, 11) is 0. The van der Waals surface area contributed by atoms with Crippen LogP contribution in [0, 0.1) is 0 Å². The SMILES string of the molecule is CCC(CCc1ccccc1)NC1CCCc2c(O)cccc21. The summed E-state index contributed by atoms with van der Waals surface area (Å²) in [5.41, 5.74) is 3.86. The molecule has 2 unspecified atom stereocenters. The Labute approximate surface area is 139 Å². The van der Waals surface area contributed by atoms with Crippen molar-refractivity contribution in [1.82, 2.24) is 5.32 Å². The number of aryl methyl sites for hydroxylation is 1. The van der Waals surface area contributed by atoms with Crippen molar-refractivity contribution in [3.8, 4) is 5.75 Å². The number of nitrogens with one attached hydrogen (secondary N) is 1. The van der Waals surface area contributed by atoms with Crippen molar-refractivity contribution in [2.75, 3.05) is 0 Å². The Morgan fingerprint density at radius 2 is 1.96 bits per heavy atom. The molecule has 2 N–H and O–H groups in total. The minimum absolute atomic E-state index is 0.381. The predicted octanol–water partition coefficient (Wildman–Crippen LogP) is 4.77. The van der Waals surface area contributed by atoms with E-state index in [1.54, 1.807) is 0 Å². The molecule has 0 radical (unpaired) electrons. The number of phenols is 1. The van der Waals surface area contributed by atoms with Crippen LogP contribution >= 0.6 is 0 Å². The van der Waals surface area contributed by atoms with Crippen molar-refractivity contribution < 1.29 is 5.11 Å². The van der Waals surface area contributed by atoms with Crippen LogP contribution < -0.4 is 5.32 Å². The van der Waals surface area contributed by atoms with E-state index in [-0.39, 0.29) is 0 Å². The summed E-state index contributed by atoms with van der Waals surface area (Å²) in [5, 5.41) is 13.9. The first kappa shape index (κ1) is 16.1. The van der Waals surface area contributed by atoms with Gasteiger partial charge in [0.15, 0.2) is 0 Å². The zero-order chi connectivity index (χ0) is 16.1. The standard InChI is InChI=1S/C21H27NO/c1-2-17(15-14-16-8-4-3-5-9-16)22-20-12-6-11-19-18(20)10-7-13-21(19)23/h3-5,7-10,13,17,20,22-23H,2,6,11-12,14-15H2,1H3. The van der Waals surface area contributed by atoms with Crippen molar-refractivity contribution in [1.29, 1.82) is 0 Å². The number of benzene rings is 2. The van der Waals surface area contributed by atoms with Crippen LogP contribution in [0.15, 0.2) is 48.5 Å². The Balaban J connectivity index is 1.65. The second-order valence-electron chi connectivity index (χ2n) is 6.59. The van der Waals surface area contributed by atoms with E-state index >= 15 is 0 Å². The fraction of sp³-hybridized carbons (Fsp3) is 0.429. The quantitative estimate of drug-likeness (QED) is 0.805. The van der Waals surface area contributed by atoms with Gasteiger partial charge < -0.3 is 10.4 Å². The minimum atomic E-state index is 0.381. The average molecular weight is 309 g/mol. The lowest BCUT2D eigenvalue weighted by molar-refractivity contribution is 0.366. The summed E-state index contributed by atoms with van der Waals surface area (Å²) < 4.78 is 0. The summed E-state index contributed by atoms with van der Waals surface area (Å²) in [6, 6.07) is 17.6. The molecule has 0 heterocycles. The van der Waals surface area contributed by atoms with E-state index < -0.39 is 0 Å². The van der Waals surface area contributed by atoms with Gasteiger partial charge in [-0.15, -0.1) is 0 Å². The van der Waals surface area contributed by atoms with Crippen molar-refractivity contribution in [3.05, 3.63) is 65.2 Å². The minimum Gasteiger partial charge on any atom is -0.508 e. The van der Waals surface area contributed by atoms with Crippen molar-refractivity contribution in [2.24, 2.45) is 0 Å². The fourth-order valence-corrected chi connectivity index (χ4v) is 3.68. The molecule has 0 aliphatic heterocycles. The molecule has 0 aromatic heterocycles. The van der Waals surface area contributed by atoms with Gasteiger partial charge in [-0.25, -0.2) is 0 Å². The molecule has 2 atom stereocenters. The highest BCUT2D eigenvalue weighted by molar-refractivity contribution is 5.42. The van der Waals surface area contributed by atoms with Gasteiger partial charge in [-0.3, -0.25) is 0 Å². The second kappa shape index (κ2) is 7.65. The third-order valence-corrected chi connectivity index (χ3v) is 5.04. The molecule has 2 nitrogen and oxygen atoms in total. The fourth-order valence-electron chi connectivity index (χ4n) is 3.68. The van der Waals surface area contributed by atoms with Crippen molar-refractivity contribution in [2.45, 2.75) is 57.5 Å². The van der Waals surface area contributed by atoms with Gasteiger partial charge in [-0.2, -0.15) is 0 Å². The first-order valence-corrected chi connectivity index (χ1v) is 8.88. The van der Waals surface area contributed by atoms with E-state index in [1.165, 1.54) is 11.1 Å². The maximum atomic E-state index is 10.1. The molecule has 0 fully saturated rings. The normalized spacial score (nSPS) is 18.4. The maximum absolute atomic E-state index is 10.1. The zero-order valence-electron chi connectivity index (χ0n) is 14.0. The Morgan fingerprint density at radius 3 is 2.74 bits per heavy atom. The van der Waals surface area contributed by atoms with Crippen molar-refractivity contribution in [3.63, 3.8) is 0 Å².